The number of ether oxygens (including phenoxy) is 2. The Kier molecular flexibility index (Phi) is 7.80. The van der Waals surface area contributed by atoms with Crippen molar-refractivity contribution in [2.24, 2.45) is 0 Å². The van der Waals surface area contributed by atoms with Crippen LogP contribution in [0, 0.1) is 13.8 Å². The molecule has 1 saturated heterocycles. The molecule has 2 atom stereocenters. The summed E-state index contributed by atoms with van der Waals surface area (Å²) in [5, 5.41) is 6.97. The summed E-state index contributed by atoms with van der Waals surface area (Å²) in [4.78, 5) is 18.7. The third kappa shape index (κ3) is 5.22. The Morgan fingerprint density at radius 2 is 1.91 bits per heavy atom. The number of thiocarbonyl (C=S) groups is 1. The second-order valence-corrected chi connectivity index (χ2v) is 8.88. The Balaban J connectivity index is 1.73. The fourth-order valence-electron chi connectivity index (χ4n) is 4.64. The SMILES string of the molecule is COCCn1c(C)cc([C@@H]2[C@H](c3ccccn3)NC(=S)N2c2ccc(NC(=O)COC)cc2)c1C. The van der Waals surface area contributed by atoms with E-state index < -0.39 is 0 Å². The van der Waals surface area contributed by atoms with Crippen LogP contribution in [0.4, 0.5) is 11.4 Å². The first kappa shape index (κ1) is 24.8. The minimum absolute atomic E-state index is 0.00833. The second kappa shape index (κ2) is 11.0. The standard InChI is InChI=1S/C26H31N5O3S/c1-17-15-21(18(2)30(17)13-14-33-3)25-24(22-7-5-6-12-27-22)29-26(35)31(25)20-10-8-19(9-11-20)28-23(32)16-34-4/h5-12,15,24-25H,13-14,16H2,1-4H3,(H,28,32)(H,29,35)/t24-,25+/m0/s1. The maximum atomic E-state index is 11.9. The zero-order valence-corrected chi connectivity index (χ0v) is 21.3. The van der Waals surface area contributed by atoms with Gasteiger partial charge in [-0.3, -0.25) is 9.78 Å². The zero-order valence-electron chi connectivity index (χ0n) is 20.4. The van der Waals surface area contributed by atoms with Crippen LogP contribution in [0.2, 0.25) is 0 Å². The number of pyridine rings is 1. The first-order chi connectivity index (χ1) is 16.9. The number of amides is 1. The Morgan fingerprint density at radius 1 is 1.14 bits per heavy atom. The van der Waals surface area contributed by atoms with E-state index in [-0.39, 0.29) is 24.6 Å². The maximum absolute atomic E-state index is 11.9. The molecule has 2 aromatic heterocycles. The van der Waals surface area contributed by atoms with Gasteiger partial charge in [0.25, 0.3) is 0 Å². The number of carbonyl (C=O) groups is 1. The average molecular weight is 494 g/mol. The number of aryl methyl sites for hydroxylation is 1. The first-order valence-corrected chi connectivity index (χ1v) is 11.9. The summed E-state index contributed by atoms with van der Waals surface area (Å²) in [6.07, 6.45) is 1.80. The number of hydrogen-bond donors (Lipinski definition) is 2. The number of nitrogens with one attached hydrogen (secondary N) is 2. The van der Waals surface area contributed by atoms with Crippen LogP contribution in [-0.2, 0) is 20.8 Å². The van der Waals surface area contributed by atoms with Gasteiger partial charge in [-0.1, -0.05) is 6.07 Å². The van der Waals surface area contributed by atoms with Gasteiger partial charge < -0.3 is 29.6 Å². The molecule has 1 fully saturated rings. The summed E-state index contributed by atoms with van der Waals surface area (Å²) in [6.45, 7) is 5.68. The minimum Gasteiger partial charge on any atom is -0.383 e. The molecule has 9 heteroatoms. The molecule has 1 aromatic carbocycles. The van der Waals surface area contributed by atoms with Crippen LogP contribution >= 0.6 is 12.2 Å². The number of aromatic nitrogens is 2. The molecule has 8 nitrogen and oxygen atoms in total. The topological polar surface area (TPSA) is 80.7 Å². The fraction of sp³-hybridized carbons (Fsp3) is 0.346. The number of nitrogens with zero attached hydrogens (tertiary/aromatic N) is 3. The molecular weight excluding hydrogens is 462 g/mol. The number of benzene rings is 1. The number of hydrogen-bond acceptors (Lipinski definition) is 5. The lowest BCUT2D eigenvalue weighted by molar-refractivity contribution is -0.119. The van der Waals surface area contributed by atoms with Crippen molar-refractivity contribution in [3.63, 3.8) is 0 Å². The molecule has 0 bridgehead atoms. The zero-order chi connectivity index (χ0) is 24.9. The second-order valence-electron chi connectivity index (χ2n) is 8.50. The Bertz CT molecular complexity index is 1180. The van der Waals surface area contributed by atoms with Crippen LogP contribution in [0.3, 0.4) is 0 Å². The predicted octanol–water partition coefficient (Wildman–Crippen LogP) is 3.91. The van der Waals surface area contributed by atoms with Gasteiger partial charge in [0.2, 0.25) is 5.91 Å². The highest BCUT2D eigenvalue weighted by Crippen LogP contribution is 2.43. The van der Waals surface area contributed by atoms with Gasteiger partial charge in [-0.15, -0.1) is 0 Å². The van der Waals surface area contributed by atoms with Gasteiger partial charge in [0.1, 0.15) is 6.61 Å². The minimum atomic E-state index is -0.199. The van der Waals surface area contributed by atoms with Crippen molar-refractivity contribution in [1.29, 1.82) is 0 Å². The van der Waals surface area contributed by atoms with E-state index in [0.717, 1.165) is 17.9 Å². The molecule has 0 saturated carbocycles. The Morgan fingerprint density at radius 3 is 2.57 bits per heavy atom. The summed E-state index contributed by atoms with van der Waals surface area (Å²) in [6, 6.07) is 15.6. The molecule has 35 heavy (non-hydrogen) atoms. The van der Waals surface area contributed by atoms with Gasteiger partial charge >= 0.3 is 0 Å². The van der Waals surface area contributed by atoms with Gasteiger partial charge in [-0.2, -0.15) is 0 Å². The summed E-state index contributed by atoms with van der Waals surface area (Å²) >= 11 is 5.84. The van der Waals surface area contributed by atoms with E-state index in [4.69, 9.17) is 21.7 Å². The molecule has 0 radical (unpaired) electrons. The van der Waals surface area contributed by atoms with Gasteiger partial charge in [-0.25, -0.2) is 0 Å². The fourth-order valence-corrected chi connectivity index (χ4v) is 4.98. The highest BCUT2D eigenvalue weighted by atomic mass is 32.1. The Hall–Kier alpha value is -3.27. The predicted molar refractivity (Wildman–Crippen MR) is 141 cm³/mol. The molecule has 1 amide bonds. The van der Waals surface area contributed by atoms with E-state index in [0.29, 0.717) is 17.4 Å². The molecule has 1 aliphatic heterocycles. The van der Waals surface area contributed by atoms with Crippen LogP contribution < -0.4 is 15.5 Å². The summed E-state index contributed by atoms with van der Waals surface area (Å²) in [7, 11) is 3.21. The Labute approximate surface area is 211 Å². The van der Waals surface area contributed by atoms with Crippen LogP contribution in [-0.4, -0.2) is 48.0 Å². The number of carbonyl (C=O) groups excluding carboxylic acids is 1. The highest BCUT2D eigenvalue weighted by molar-refractivity contribution is 7.80. The third-order valence-corrected chi connectivity index (χ3v) is 6.57. The van der Waals surface area contributed by atoms with E-state index in [1.54, 1.807) is 13.3 Å². The lowest BCUT2D eigenvalue weighted by Gasteiger charge is -2.28. The highest BCUT2D eigenvalue weighted by Gasteiger charge is 2.42. The molecule has 1 aliphatic rings. The largest absolute Gasteiger partial charge is 0.383 e. The van der Waals surface area contributed by atoms with E-state index in [9.17, 15) is 4.79 Å². The number of rotatable bonds is 9. The quantitative estimate of drug-likeness (QED) is 0.438. The van der Waals surface area contributed by atoms with Crippen molar-refractivity contribution in [2.75, 3.05) is 37.7 Å². The van der Waals surface area contributed by atoms with Crippen LogP contribution in [0.5, 0.6) is 0 Å². The summed E-state index contributed by atoms with van der Waals surface area (Å²) in [5.74, 6) is -0.199. The van der Waals surface area contributed by atoms with E-state index in [1.165, 1.54) is 24.1 Å². The van der Waals surface area contributed by atoms with Crippen molar-refractivity contribution in [2.45, 2.75) is 32.5 Å². The van der Waals surface area contributed by atoms with Crippen molar-refractivity contribution in [1.82, 2.24) is 14.9 Å². The number of anilines is 2. The van der Waals surface area contributed by atoms with E-state index >= 15 is 0 Å². The molecule has 3 heterocycles. The van der Waals surface area contributed by atoms with Crippen molar-refractivity contribution in [3.8, 4) is 0 Å². The molecule has 3 aromatic rings. The maximum Gasteiger partial charge on any atom is 0.250 e. The van der Waals surface area contributed by atoms with E-state index in [1.807, 2.05) is 42.5 Å². The molecule has 2 N–H and O–H groups in total. The summed E-state index contributed by atoms with van der Waals surface area (Å²) < 4.78 is 12.5. The third-order valence-electron chi connectivity index (χ3n) is 6.25. The monoisotopic (exact) mass is 493 g/mol. The smallest absolute Gasteiger partial charge is 0.250 e. The van der Waals surface area contributed by atoms with Gasteiger partial charge in [0.05, 0.1) is 24.4 Å². The molecule has 4 rings (SSSR count). The van der Waals surface area contributed by atoms with Gasteiger partial charge in [-0.05, 0) is 74.1 Å². The van der Waals surface area contributed by atoms with Gasteiger partial charge in [0, 0.05) is 49.7 Å². The molecule has 0 aliphatic carbocycles. The van der Waals surface area contributed by atoms with Crippen LogP contribution in [0.15, 0.2) is 54.7 Å². The van der Waals surface area contributed by atoms with Crippen molar-refractivity contribution < 1.29 is 14.3 Å². The van der Waals surface area contributed by atoms with Crippen LogP contribution in [0.25, 0.3) is 0 Å². The van der Waals surface area contributed by atoms with Gasteiger partial charge in [0.15, 0.2) is 5.11 Å². The normalized spacial score (nSPS) is 17.5. The molecule has 0 unspecified atom stereocenters. The lowest BCUT2D eigenvalue weighted by Crippen LogP contribution is -2.29. The number of methoxy groups -OCH3 is 2. The van der Waals surface area contributed by atoms with Crippen molar-refractivity contribution >= 4 is 34.6 Å². The molecule has 0 spiro atoms. The lowest BCUT2D eigenvalue weighted by atomic mass is 9.96. The van der Waals surface area contributed by atoms with Crippen LogP contribution in [0.1, 0.15) is 34.7 Å². The van der Waals surface area contributed by atoms with E-state index in [2.05, 4.69) is 45.0 Å². The summed E-state index contributed by atoms with van der Waals surface area (Å²) in [5.41, 5.74) is 6.07. The average Bonchev–Trinajstić information content (AvgIpc) is 3.34. The molecule has 184 valence electrons. The molecular formula is C26H31N5O3S. The first-order valence-electron chi connectivity index (χ1n) is 11.5. The van der Waals surface area contributed by atoms with Crippen molar-refractivity contribution in [3.05, 3.63) is 77.4 Å².